The van der Waals surface area contributed by atoms with E-state index in [4.69, 9.17) is 4.74 Å². The summed E-state index contributed by atoms with van der Waals surface area (Å²) >= 11 is 0. The number of nitrogens with zero attached hydrogens (tertiary/aromatic N) is 4. The van der Waals surface area contributed by atoms with E-state index < -0.39 is 21.8 Å². The second-order valence-corrected chi connectivity index (χ2v) is 10.8. The normalized spacial score (nSPS) is 24.9. The van der Waals surface area contributed by atoms with E-state index in [0.29, 0.717) is 32.0 Å². The van der Waals surface area contributed by atoms with E-state index in [0.717, 1.165) is 45.3 Å². The lowest BCUT2D eigenvalue weighted by Gasteiger charge is -2.61. The lowest BCUT2D eigenvalue weighted by Crippen LogP contribution is -2.74. The average Bonchev–Trinajstić information content (AvgIpc) is 2.58. The molecule has 3 saturated heterocycles. The Morgan fingerprint density at radius 2 is 1.86 bits per heavy atom. The van der Waals surface area contributed by atoms with Gasteiger partial charge in [-0.05, 0) is 32.6 Å². The first-order chi connectivity index (χ1) is 13.5. The summed E-state index contributed by atoms with van der Waals surface area (Å²) in [5.41, 5.74) is 0.0679. The number of sulfonamides is 1. The highest BCUT2D eigenvalue weighted by Gasteiger charge is 2.56. The van der Waals surface area contributed by atoms with Gasteiger partial charge in [0.1, 0.15) is 4.90 Å². The lowest BCUT2D eigenvalue weighted by molar-refractivity contribution is -0.113. The maximum absolute atomic E-state index is 13.4. The molecule has 0 amide bonds. The third-order valence-corrected chi connectivity index (χ3v) is 8.46. The fourth-order valence-corrected chi connectivity index (χ4v) is 6.50. The largest absolute Gasteiger partial charge is 0.381 e. The molecule has 0 aliphatic carbocycles. The average molecular weight is 431 g/mol. The van der Waals surface area contributed by atoms with Gasteiger partial charge in [-0.15, -0.1) is 0 Å². The molecule has 0 saturated carbocycles. The van der Waals surface area contributed by atoms with E-state index in [9.17, 15) is 17.2 Å². The van der Waals surface area contributed by atoms with Crippen LogP contribution in [0.15, 0.2) is 11.1 Å². The summed E-state index contributed by atoms with van der Waals surface area (Å²) < 4.78 is 59.5. The highest BCUT2D eigenvalue weighted by atomic mass is 32.2. The molecule has 1 aromatic rings. The number of aryl methyl sites for hydroxylation is 1. The minimum Gasteiger partial charge on any atom is -0.381 e. The minimum atomic E-state index is -3.77. The maximum atomic E-state index is 13.4. The molecule has 4 heterocycles. The quantitative estimate of drug-likeness (QED) is 0.712. The van der Waals surface area contributed by atoms with Crippen LogP contribution in [0.5, 0.6) is 0 Å². The van der Waals surface area contributed by atoms with Crippen molar-refractivity contribution >= 4 is 10.0 Å². The van der Waals surface area contributed by atoms with Crippen LogP contribution in [0.2, 0.25) is 0 Å². The standard InChI is InChI=1S/C19H28F2N4O3S/c1-13-16(8-22-17(23-13)18(3,20)21)29(26,27)25-11-19(12-25)9-24(10-19)14(2)15-4-6-28-7-5-15/h8,14-15H,4-7,9-12H2,1-3H3/t14-/m0/s1. The first-order valence-corrected chi connectivity index (χ1v) is 11.5. The number of hydrogen-bond acceptors (Lipinski definition) is 6. The van der Waals surface area contributed by atoms with Crippen LogP contribution in [0.3, 0.4) is 0 Å². The van der Waals surface area contributed by atoms with Crippen LogP contribution in [-0.2, 0) is 20.7 Å². The van der Waals surface area contributed by atoms with E-state index in [1.54, 1.807) is 0 Å². The number of aromatic nitrogens is 2. The molecule has 1 aromatic heterocycles. The lowest BCUT2D eigenvalue weighted by atomic mass is 9.72. The van der Waals surface area contributed by atoms with Gasteiger partial charge < -0.3 is 4.74 Å². The SMILES string of the molecule is Cc1nc(C(C)(F)F)ncc1S(=O)(=O)N1CC2(CN([C@@H](C)C3CCOCC3)C2)C1. The minimum absolute atomic E-state index is 0.0116. The number of ether oxygens (including phenoxy) is 1. The van der Waals surface area contributed by atoms with Crippen molar-refractivity contribution in [2.45, 2.75) is 50.5 Å². The van der Waals surface area contributed by atoms with Crippen molar-refractivity contribution in [3.8, 4) is 0 Å². The van der Waals surface area contributed by atoms with Crippen molar-refractivity contribution in [3.05, 3.63) is 17.7 Å². The van der Waals surface area contributed by atoms with E-state index in [1.165, 1.54) is 11.2 Å². The Morgan fingerprint density at radius 3 is 2.41 bits per heavy atom. The molecule has 1 atom stereocenters. The Balaban J connectivity index is 1.37. The molecule has 4 rings (SSSR count). The molecule has 3 aliphatic heterocycles. The predicted octanol–water partition coefficient (Wildman–Crippen LogP) is 2.02. The summed E-state index contributed by atoms with van der Waals surface area (Å²) in [6.45, 7) is 8.73. The van der Waals surface area contributed by atoms with Crippen molar-refractivity contribution in [1.82, 2.24) is 19.2 Å². The van der Waals surface area contributed by atoms with E-state index in [-0.39, 0.29) is 16.0 Å². The molecule has 0 unspecified atom stereocenters. The van der Waals surface area contributed by atoms with Gasteiger partial charge in [0.15, 0.2) is 5.82 Å². The number of alkyl halides is 2. The molecule has 3 fully saturated rings. The van der Waals surface area contributed by atoms with Crippen LogP contribution in [0, 0.1) is 18.3 Å². The van der Waals surface area contributed by atoms with Crippen molar-refractivity contribution < 1.29 is 21.9 Å². The predicted molar refractivity (Wildman–Crippen MR) is 102 cm³/mol. The zero-order valence-electron chi connectivity index (χ0n) is 17.1. The third-order valence-electron chi connectivity index (χ3n) is 6.57. The van der Waals surface area contributed by atoms with Gasteiger partial charge in [-0.3, -0.25) is 4.90 Å². The van der Waals surface area contributed by atoms with Crippen LogP contribution in [-0.4, -0.2) is 73.0 Å². The van der Waals surface area contributed by atoms with E-state index in [1.807, 2.05) is 0 Å². The van der Waals surface area contributed by atoms with Crippen LogP contribution in [0.25, 0.3) is 0 Å². The molecule has 0 N–H and O–H groups in total. The van der Waals surface area contributed by atoms with Crippen LogP contribution in [0.4, 0.5) is 8.78 Å². The molecular weight excluding hydrogens is 402 g/mol. The molecule has 3 aliphatic rings. The van der Waals surface area contributed by atoms with Gasteiger partial charge >= 0.3 is 5.92 Å². The molecule has 1 spiro atoms. The van der Waals surface area contributed by atoms with E-state index in [2.05, 4.69) is 21.8 Å². The van der Waals surface area contributed by atoms with Gasteiger partial charge in [0, 0.05) is 57.8 Å². The second-order valence-electron chi connectivity index (χ2n) is 8.90. The smallest absolute Gasteiger partial charge is 0.303 e. The molecule has 7 nitrogen and oxygen atoms in total. The van der Waals surface area contributed by atoms with Crippen molar-refractivity contribution in [2.24, 2.45) is 11.3 Å². The highest BCUT2D eigenvalue weighted by Crippen LogP contribution is 2.44. The van der Waals surface area contributed by atoms with Crippen molar-refractivity contribution in [1.29, 1.82) is 0 Å². The van der Waals surface area contributed by atoms with Crippen LogP contribution in [0.1, 0.15) is 38.2 Å². The first kappa shape index (κ1) is 21.0. The highest BCUT2D eigenvalue weighted by molar-refractivity contribution is 7.89. The molecule has 29 heavy (non-hydrogen) atoms. The zero-order valence-corrected chi connectivity index (χ0v) is 17.9. The summed E-state index contributed by atoms with van der Waals surface area (Å²) in [5, 5.41) is 0. The summed E-state index contributed by atoms with van der Waals surface area (Å²) in [6, 6.07) is 0.481. The monoisotopic (exact) mass is 430 g/mol. The number of likely N-dealkylation sites (tertiary alicyclic amines) is 1. The molecular formula is C19H28F2N4O3S. The topological polar surface area (TPSA) is 75.6 Å². The summed E-state index contributed by atoms with van der Waals surface area (Å²) in [7, 11) is -3.77. The Kier molecular flexibility index (Phi) is 5.20. The van der Waals surface area contributed by atoms with Gasteiger partial charge in [0.05, 0.1) is 11.9 Å². The fourth-order valence-electron chi connectivity index (χ4n) is 4.73. The van der Waals surface area contributed by atoms with Gasteiger partial charge in [0.2, 0.25) is 10.0 Å². The second kappa shape index (κ2) is 7.18. The summed E-state index contributed by atoms with van der Waals surface area (Å²) in [4.78, 5) is 9.66. The number of halogens is 2. The molecule has 162 valence electrons. The van der Waals surface area contributed by atoms with Gasteiger partial charge in [-0.25, -0.2) is 18.4 Å². The fraction of sp³-hybridized carbons (Fsp3) is 0.789. The number of hydrogen-bond donors (Lipinski definition) is 0. The Hall–Kier alpha value is -1.23. The van der Waals surface area contributed by atoms with Crippen molar-refractivity contribution in [3.63, 3.8) is 0 Å². The van der Waals surface area contributed by atoms with Crippen LogP contribution >= 0.6 is 0 Å². The van der Waals surface area contributed by atoms with E-state index >= 15 is 0 Å². The van der Waals surface area contributed by atoms with Gasteiger partial charge in [-0.1, -0.05) is 0 Å². The molecule has 0 aromatic carbocycles. The zero-order chi connectivity index (χ0) is 21.0. The van der Waals surface area contributed by atoms with Crippen LogP contribution < -0.4 is 0 Å². The van der Waals surface area contributed by atoms with Crippen molar-refractivity contribution in [2.75, 3.05) is 39.4 Å². The summed E-state index contributed by atoms with van der Waals surface area (Å²) in [6.07, 6.45) is 3.17. The van der Waals surface area contributed by atoms with Gasteiger partial charge in [-0.2, -0.15) is 13.1 Å². The Morgan fingerprint density at radius 1 is 1.24 bits per heavy atom. The molecule has 0 bridgehead atoms. The Labute approximate surface area is 170 Å². The summed E-state index contributed by atoms with van der Waals surface area (Å²) in [5.74, 6) is -3.23. The molecule has 10 heteroatoms. The van der Waals surface area contributed by atoms with Gasteiger partial charge in [0.25, 0.3) is 0 Å². The molecule has 0 radical (unpaired) electrons. The Bertz CT molecular complexity index is 870. The number of rotatable bonds is 5. The maximum Gasteiger partial charge on any atom is 0.303 e. The first-order valence-electron chi connectivity index (χ1n) is 10.1. The third kappa shape index (κ3) is 3.80.